The number of likely N-dealkylation sites (tertiary alicyclic amines) is 1. The Morgan fingerprint density at radius 2 is 1.59 bits per heavy atom. The fourth-order valence-corrected chi connectivity index (χ4v) is 5.91. The van der Waals surface area contributed by atoms with E-state index >= 15 is 0 Å². The van der Waals surface area contributed by atoms with Crippen LogP contribution < -0.4 is 4.90 Å². The van der Waals surface area contributed by atoms with Crippen LogP contribution in [0.4, 0.5) is 5.69 Å². The molecule has 0 spiro atoms. The molecule has 146 valence electrons. The largest absolute Gasteiger partial charge is 0.308 e. The van der Waals surface area contributed by atoms with Crippen molar-refractivity contribution in [3.05, 3.63) is 77.4 Å². The molecule has 0 radical (unpaired) electrons. The number of carbonyl (C=O) groups excluding carboxylic acids is 1. The van der Waals surface area contributed by atoms with E-state index in [4.69, 9.17) is 0 Å². The number of fused-ring (bicyclic) bond motifs is 1. The van der Waals surface area contributed by atoms with Crippen molar-refractivity contribution in [2.45, 2.75) is 44.2 Å². The van der Waals surface area contributed by atoms with Gasteiger partial charge < -0.3 is 4.90 Å². The predicted octanol–water partition coefficient (Wildman–Crippen LogP) is 5.05. The zero-order valence-corrected chi connectivity index (χ0v) is 16.8. The first-order chi connectivity index (χ1) is 14.2. The van der Waals surface area contributed by atoms with E-state index in [1.54, 1.807) is 0 Å². The van der Waals surface area contributed by atoms with Crippen molar-refractivity contribution in [3.8, 4) is 0 Å². The van der Waals surface area contributed by atoms with E-state index < -0.39 is 0 Å². The molecule has 3 aromatic carbocycles. The van der Waals surface area contributed by atoms with E-state index in [9.17, 15) is 4.79 Å². The SMILES string of the molecule is CC1C(=O)N(C2CCN(C3Cc4cccc5cccc3c45)CC2)c2ccccc21. The van der Waals surface area contributed by atoms with Crippen LogP contribution in [-0.2, 0) is 11.2 Å². The number of para-hydroxylation sites is 1. The first kappa shape index (κ1) is 17.2. The molecule has 2 heterocycles. The number of anilines is 1. The molecule has 6 rings (SSSR count). The van der Waals surface area contributed by atoms with Crippen molar-refractivity contribution in [2.75, 3.05) is 18.0 Å². The molecule has 0 bridgehead atoms. The Kier molecular flexibility index (Phi) is 3.82. The van der Waals surface area contributed by atoms with E-state index in [2.05, 4.69) is 64.4 Å². The third kappa shape index (κ3) is 2.50. The average molecular weight is 383 g/mol. The molecule has 3 heteroatoms. The van der Waals surface area contributed by atoms with Crippen LogP contribution in [0.5, 0.6) is 0 Å². The number of benzene rings is 3. The van der Waals surface area contributed by atoms with Gasteiger partial charge in [-0.25, -0.2) is 0 Å². The molecule has 3 aliphatic rings. The van der Waals surface area contributed by atoms with Crippen LogP contribution in [0.3, 0.4) is 0 Å². The van der Waals surface area contributed by atoms with Gasteiger partial charge in [0.05, 0.1) is 5.92 Å². The summed E-state index contributed by atoms with van der Waals surface area (Å²) in [6.07, 6.45) is 3.22. The molecule has 0 N–H and O–H groups in total. The molecule has 2 atom stereocenters. The monoisotopic (exact) mass is 382 g/mol. The maximum absolute atomic E-state index is 13.0. The van der Waals surface area contributed by atoms with E-state index in [1.165, 1.54) is 27.5 Å². The van der Waals surface area contributed by atoms with Gasteiger partial charge in [0.1, 0.15) is 0 Å². The Morgan fingerprint density at radius 1 is 0.862 bits per heavy atom. The second-order valence-electron chi connectivity index (χ2n) is 8.84. The summed E-state index contributed by atoms with van der Waals surface area (Å²) in [5, 5.41) is 2.84. The van der Waals surface area contributed by atoms with Crippen molar-refractivity contribution in [3.63, 3.8) is 0 Å². The van der Waals surface area contributed by atoms with Gasteiger partial charge in [0.15, 0.2) is 0 Å². The first-order valence-corrected chi connectivity index (χ1v) is 10.9. The number of piperidine rings is 1. The molecule has 2 unspecified atom stereocenters. The highest BCUT2D eigenvalue weighted by Crippen LogP contribution is 2.43. The summed E-state index contributed by atoms with van der Waals surface area (Å²) < 4.78 is 0. The summed E-state index contributed by atoms with van der Waals surface area (Å²) in [4.78, 5) is 17.8. The molecule has 3 nitrogen and oxygen atoms in total. The lowest BCUT2D eigenvalue weighted by Gasteiger charge is -2.40. The molecule has 2 aliphatic heterocycles. The van der Waals surface area contributed by atoms with Gasteiger partial charge in [0.25, 0.3) is 0 Å². The lowest BCUT2D eigenvalue weighted by Crippen LogP contribution is -2.47. The molecule has 1 fully saturated rings. The summed E-state index contributed by atoms with van der Waals surface area (Å²) in [6.45, 7) is 4.16. The smallest absolute Gasteiger partial charge is 0.234 e. The molecule has 0 aromatic heterocycles. The van der Waals surface area contributed by atoms with E-state index in [0.29, 0.717) is 12.1 Å². The minimum absolute atomic E-state index is 0.00818. The number of amides is 1. The first-order valence-electron chi connectivity index (χ1n) is 10.9. The molecule has 3 aromatic rings. The van der Waals surface area contributed by atoms with Crippen LogP contribution in [0.1, 0.15) is 48.4 Å². The molecule has 1 saturated heterocycles. The van der Waals surface area contributed by atoms with Gasteiger partial charge in [-0.05, 0) is 59.7 Å². The van der Waals surface area contributed by atoms with Gasteiger partial charge in [-0.3, -0.25) is 9.69 Å². The van der Waals surface area contributed by atoms with Crippen molar-refractivity contribution in [2.24, 2.45) is 0 Å². The Morgan fingerprint density at radius 3 is 2.41 bits per heavy atom. The molecular formula is C26H26N2O. The lowest BCUT2D eigenvalue weighted by atomic mass is 9.98. The Labute approximate surface area is 171 Å². The second kappa shape index (κ2) is 6.43. The van der Waals surface area contributed by atoms with Gasteiger partial charge >= 0.3 is 0 Å². The van der Waals surface area contributed by atoms with Gasteiger partial charge in [-0.1, -0.05) is 54.6 Å². The quantitative estimate of drug-likeness (QED) is 0.619. The summed E-state index contributed by atoms with van der Waals surface area (Å²) >= 11 is 0. The average Bonchev–Trinajstić information content (AvgIpc) is 3.26. The summed E-state index contributed by atoms with van der Waals surface area (Å²) in [7, 11) is 0. The zero-order chi connectivity index (χ0) is 19.5. The minimum atomic E-state index is -0.00818. The Balaban J connectivity index is 1.23. The van der Waals surface area contributed by atoms with Crippen LogP contribution in [0, 0.1) is 0 Å². The highest BCUT2D eigenvalue weighted by molar-refractivity contribution is 6.05. The van der Waals surface area contributed by atoms with Crippen molar-refractivity contribution >= 4 is 22.4 Å². The Hall–Kier alpha value is -2.65. The molecule has 1 aliphatic carbocycles. The van der Waals surface area contributed by atoms with Gasteiger partial charge in [-0.15, -0.1) is 0 Å². The van der Waals surface area contributed by atoms with Gasteiger partial charge in [0, 0.05) is 30.9 Å². The summed E-state index contributed by atoms with van der Waals surface area (Å²) in [6, 6.07) is 22.6. The normalized spacial score (nSPS) is 24.4. The fraction of sp³-hybridized carbons (Fsp3) is 0.346. The van der Waals surface area contributed by atoms with Crippen LogP contribution in [0.25, 0.3) is 10.8 Å². The van der Waals surface area contributed by atoms with Crippen LogP contribution in [0.2, 0.25) is 0 Å². The number of nitrogens with zero attached hydrogens (tertiary/aromatic N) is 2. The summed E-state index contributed by atoms with van der Waals surface area (Å²) in [5.41, 5.74) is 5.31. The number of rotatable bonds is 2. The maximum Gasteiger partial charge on any atom is 0.234 e. The lowest BCUT2D eigenvalue weighted by molar-refractivity contribution is -0.119. The van der Waals surface area contributed by atoms with E-state index in [-0.39, 0.29) is 11.8 Å². The highest BCUT2D eigenvalue weighted by Gasteiger charge is 2.40. The molecule has 29 heavy (non-hydrogen) atoms. The predicted molar refractivity (Wildman–Crippen MR) is 117 cm³/mol. The molecule has 1 amide bonds. The van der Waals surface area contributed by atoms with Crippen molar-refractivity contribution < 1.29 is 4.79 Å². The highest BCUT2D eigenvalue weighted by atomic mass is 16.2. The number of hydrogen-bond acceptors (Lipinski definition) is 2. The second-order valence-corrected chi connectivity index (χ2v) is 8.84. The summed E-state index contributed by atoms with van der Waals surface area (Å²) in [5.74, 6) is 0.272. The topological polar surface area (TPSA) is 23.6 Å². The molecule has 0 saturated carbocycles. The van der Waals surface area contributed by atoms with Gasteiger partial charge in [-0.2, -0.15) is 0 Å². The van der Waals surface area contributed by atoms with E-state index in [0.717, 1.165) is 38.0 Å². The maximum atomic E-state index is 13.0. The third-order valence-electron chi connectivity index (χ3n) is 7.37. The third-order valence-corrected chi connectivity index (χ3v) is 7.37. The number of carbonyl (C=O) groups is 1. The number of hydrogen-bond donors (Lipinski definition) is 0. The van der Waals surface area contributed by atoms with Gasteiger partial charge in [0.2, 0.25) is 5.91 Å². The van der Waals surface area contributed by atoms with Crippen molar-refractivity contribution in [1.82, 2.24) is 4.90 Å². The minimum Gasteiger partial charge on any atom is -0.308 e. The standard InChI is InChI=1S/C26H26N2O/c1-17-21-9-2-3-11-23(21)28(26(17)29)20-12-14-27(15-13-20)24-16-19-8-4-6-18-7-5-10-22(24)25(18)19/h2-11,17,20,24H,12-16H2,1H3. The van der Waals surface area contributed by atoms with E-state index in [1.807, 2.05) is 13.0 Å². The van der Waals surface area contributed by atoms with Crippen LogP contribution in [0.15, 0.2) is 60.7 Å². The Bertz CT molecular complexity index is 1110. The fourth-order valence-electron chi connectivity index (χ4n) is 5.91. The van der Waals surface area contributed by atoms with Crippen molar-refractivity contribution in [1.29, 1.82) is 0 Å². The van der Waals surface area contributed by atoms with Crippen LogP contribution in [-0.4, -0.2) is 29.9 Å². The molecular weight excluding hydrogens is 356 g/mol. The zero-order valence-electron chi connectivity index (χ0n) is 16.8. The van der Waals surface area contributed by atoms with Crippen LogP contribution >= 0.6 is 0 Å².